The third-order valence-corrected chi connectivity index (χ3v) is 2.79. The van der Waals surface area contributed by atoms with E-state index in [-0.39, 0.29) is 6.04 Å². The molecule has 0 saturated carbocycles. The largest absolute Gasteiger partial charge is 0.393 e. The number of hydrogen-bond donors (Lipinski definition) is 2. The van der Waals surface area contributed by atoms with Crippen molar-refractivity contribution in [2.24, 2.45) is 5.73 Å². The fourth-order valence-corrected chi connectivity index (χ4v) is 2.32. The average molecular weight is 257 g/mol. The van der Waals surface area contributed by atoms with Gasteiger partial charge in [-0.15, -0.1) is 0 Å². The maximum Gasteiger partial charge on any atom is 0.0747 e. The van der Waals surface area contributed by atoms with Gasteiger partial charge in [0.2, 0.25) is 0 Å². The van der Waals surface area contributed by atoms with Gasteiger partial charge in [-0.25, -0.2) is 0 Å². The highest BCUT2D eigenvalue weighted by Gasteiger charge is 2.09. The van der Waals surface area contributed by atoms with Crippen molar-refractivity contribution in [2.45, 2.75) is 33.2 Å². The molecule has 1 aromatic carbocycles. The van der Waals surface area contributed by atoms with Gasteiger partial charge in [0, 0.05) is 12.5 Å². The fourth-order valence-electron chi connectivity index (χ4n) is 1.70. The molecule has 0 aromatic heterocycles. The van der Waals surface area contributed by atoms with E-state index < -0.39 is 0 Å². The minimum absolute atomic E-state index is 0.191. The second kappa shape index (κ2) is 5.51. The lowest BCUT2D eigenvalue weighted by Crippen LogP contribution is -2.23. The van der Waals surface area contributed by atoms with Crippen LogP contribution >= 0.6 is 23.8 Å². The summed E-state index contributed by atoms with van der Waals surface area (Å²) in [6.07, 6.45) is 0.666. The topological polar surface area (TPSA) is 38.0 Å². The molecule has 16 heavy (non-hydrogen) atoms. The molecule has 0 fully saturated rings. The maximum absolute atomic E-state index is 6.19. The molecule has 1 unspecified atom stereocenters. The number of anilines is 1. The average Bonchev–Trinajstić information content (AvgIpc) is 2.09. The van der Waals surface area contributed by atoms with Crippen LogP contribution in [0.15, 0.2) is 12.1 Å². The molecule has 0 saturated heterocycles. The van der Waals surface area contributed by atoms with Crippen molar-refractivity contribution in [3.63, 3.8) is 0 Å². The Kier molecular flexibility index (Phi) is 4.56. The zero-order valence-electron chi connectivity index (χ0n) is 9.80. The lowest BCUT2D eigenvalue weighted by atomic mass is 10.1. The van der Waals surface area contributed by atoms with Gasteiger partial charge in [0.15, 0.2) is 0 Å². The summed E-state index contributed by atoms with van der Waals surface area (Å²) in [6.45, 7) is 6.10. The molecule has 1 atom stereocenters. The highest BCUT2D eigenvalue weighted by Crippen LogP contribution is 2.28. The van der Waals surface area contributed by atoms with Gasteiger partial charge in [0.25, 0.3) is 0 Å². The van der Waals surface area contributed by atoms with Crippen LogP contribution in [-0.2, 0) is 0 Å². The molecule has 0 radical (unpaired) electrons. The highest BCUT2D eigenvalue weighted by atomic mass is 35.5. The molecule has 0 spiro atoms. The fraction of sp³-hybridized carbons (Fsp3) is 0.417. The van der Waals surface area contributed by atoms with Crippen LogP contribution in [0.3, 0.4) is 0 Å². The van der Waals surface area contributed by atoms with Crippen LogP contribution in [0.1, 0.15) is 24.5 Å². The quantitative estimate of drug-likeness (QED) is 0.811. The zero-order valence-corrected chi connectivity index (χ0v) is 11.4. The van der Waals surface area contributed by atoms with E-state index in [1.807, 2.05) is 26.8 Å². The van der Waals surface area contributed by atoms with Crippen molar-refractivity contribution in [1.29, 1.82) is 0 Å². The second-order valence-electron chi connectivity index (χ2n) is 4.15. The van der Waals surface area contributed by atoms with E-state index in [9.17, 15) is 0 Å². The van der Waals surface area contributed by atoms with Crippen molar-refractivity contribution in [3.8, 4) is 0 Å². The minimum Gasteiger partial charge on any atom is -0.393 e. The number of aryl methyl sites for hydroxylation is 2. The molecule has 0 aliphatic rings. The number of nitrogens with two attached hydrogens (primary N) is 1. The first-order valence-electron chi connectivity index (χ1n) is 5.21. The summed E-state index contributed by atoms with van der Waals surface area (Å²) < 4.78 is 0. The molecule has 0 heterocycles. The first kappa shape index (κ1) is 13.3. The summed E-state index contributed by atoms with van der Waals surface area (Å²) >= 11 is 11.1. The van der Waals surface area contributed by atoms with Crippen LogP contribution in [0.25, 0.3) is 0 Å². The van der Waals surface area contributed by atoms with Crippen molar-refractivity contribution in [2.75, 3.05) is 5.32 Å². The maximum atomic E-state index is 6.19. The van der Waals surface area contributed by atoms with Crippen LogP contribution in [0, 0.1) is 13.8 Å². The predicted molar refractivity (Wildman–Crippen MR) is 75.4 cm³/mol. The number of nitrogens with one attached hydrogen (secondary N) is 1. The third kappa shape index (κ3) is 3.65. The van der Waals surface area contributed by atoms with Gasteiger partial charge >= 0.3 is 0 Å². The van der Waals surface area contributed by atoms with Crippen molar-refractivity contribution < 1.29 is 0 Å². The van der Waals surface area contributed by atoms with Gasteiger partial charge < -0.3 is 11.1 Å². The highest BCUT2D eigenvalue weighted by molar-refractivity contribution is 7.80. The third-order valence-electron chi connectivity index (χ3n) is 2.33. The summed E-state index contributed by atoms with van der Waals surface area (Å²) in [5.74, 6) is 0. The van der Waals surface area contributed by atoms with Crippen LogP contribution in [0.4, 0.5) is 5.69 Å². The van der Waals surface area contributed by atoms with Crippen LogP contribution < -0.4 is 11.1 Å². The molecule has 0 aliphatic carbocycles. The Bertz CT molecular complexity index is 381. The first-order chi connectivity index (χ1) is 7.40. The monoisotopic (exact) mass is 256 g/mol. The van der Waals surface area contributed by atoms with Gasteiger partial charge in [-0.2, -0.15) is 0 Å². The van der Waals surface area contributed by atoms with Crippen molar-refractivity contribution in [1.82, 2.24) is 0 Å². The molecule has 3 N–H and O–H groups in total. The standard InChI is InChI=1S/C12H17ClN2S/c1-7-4-8(2)12(10(13)5-7)15-9(3)6-11(14)16/h4-5,9,15H,6H2,1-3H3,(H2,14,16). The summed E-state index contributed by atoms with van der Waals surface area (Å²) in [5, 5.41) is 4.08. The summed E-state index contributed by atoms with van der Waals surface area (Å²) in [4.78, 5) is 0.515. The zero-order chi connectivity index (χ0) is 12.3. The van der Waals surface area contributed by atoms with E-state index in [1.54, 1.807) is 0 Å². The Labute approximate surface area is 107 Å². The van der Waals surface area contributed by atoms with Gasteiger partial charge in [-0.05, 0) is 38.0 Å². The molecule has 0 aliphatic heterocycles. The second-order valence-corrected chi connectivity index (χ2v) is 5.09. The Morgan fingerprint density at radius 2 is 2.12 bits per heavy atom. The normalized spacial score (nSPS) is 12.2. The van der Waals surface area contributed by atoms with Crippen molar-refractivity contribution in [3.05, 3.63) is 28.3 Å². The van der Waals surface area contributed by atoms with E-state index in [4.69, 9.17) is 29.6 Å². The number of rotatable bonds is 4. The molecule has 0 amide bonds. The lowest BCUT2D eigenvalue weighted by molar-refractivity contribution is 0.838. The molecular weight excluding hydrogens is 240 g/mol. The van der Waals surface area contributed by atoms with Gasteiger partial charge in [0.05, 0.1) is 15.7 Å². The molecule has 2 nitrogen and oxygen atoms in total. The predicted octanol–water partition coefficient (Wildman–Crippen LogP) is 3.43. The smallest absolute Gasteiger partial charge is 0.0747 e. The minimum atomic E-state index is 0.191. The lowest BCUT2D eigenvalue weighted by Gasteiger charge is -2.18. The van der Waals surface area contributed by atoms with E-state index in [1.165, 1.54) is 0 Å². The molecular formula is C12H17ClN2S. The number of hydrogen-bond acceptors (Lipinski definition) is 2. The number of halogens is 1. The van der Waals surface area contributed by atoms with Crippen molar-refractivity contribution >= 4 is 34.5 Å². The Morgan fingerprint density at radius 1 is 1.50 bits per heavy atom. The van der Waals surface area contributed by atoms with E-state index in [0.717, 1.165) is 21.8 Å². The van der Waals surface area contributed by atoms with Gasteiger partial charge in [0.1, 0.15) is 0 Å². The Hall–Kier alpha value is -0.800. The summed E-state index contributed by atoms with van der Waals surface area (Å²) in [6, 6.07) is 4.24. The summed E-state index contributed by atoms with van der Waals surface area (Å²) in [5.41, 5.74) is 8.77. The first-order valence-corrected chi connectivity index (χ1v) is 6.00. The number of thiocarbonyl (C=S) groups is 1. The van der Waals surface area contributed by atoms with Crippen LogP contribution in [-0.4, -0.2) is 11.0 Å². The molecule has 1 rings (SSSR count). The van der Waals surface area contributed by atoms with E-state index in [2.05, 4.69) is 11.4 Å². The Morgan fingerprint density at radius 3 is 2.62 bits per heavy atom. The molecule has 88 valence electrons. The molecule has 1 aromatic rings. The summed E-state index contributed by atoms with van der Waals surface area (Å²) in [7, 11) is 0. The molecule has 0 bridgehead atoms. The van der Waals surface area contributed by atoms with E-state index >= 15 is 0 Å². The SMILES string of the molecule is Cc1cc(C)c(NC(C)CC(N)=S)c(Cl)c1. The van der Waals surface area contributed by atoms with Crippen LogP contribution in [0.2, 0.25) is 5.02 Å². The van der Waals surface area contributed by atoms with Gasteiger partial charge in [-0.3, -0.25) is 0 Å². The van der Waals surface area contributed by atoms with E-state index in [0.29, 0.717) is 11.4 Å². The van der Waals surface area contributed by atoms with Gasteiger partial charge in [-0.1, -0.05) is 29.9 Å². The number of benzene rings is 1. The van der Waals surface area contributed by atoms with Crippen LogP contribution in [0.5, 0.6) is 0 Å². The molecule has 4 heteroatoms. The Balaban J connectivity index is 2.85.